The molecule has 2 fully saturated rings. The molecule has 1 aliphatic carbocycles. The summed E-state index contributed by atoms with van der Waals surface area (Å²) in [6, 6.07) is 6.57. The molecule has 1 saturated carbocycles. The van der Waals surface area contributed by atoms with E-state index in [4.69, 9.17) is 4.98 Å². The van der Waals surface area contributed by atoms with Crippen molar-refractivity contribution in [2.24, 2.45) is 0 Å². The number of carbonyl (C=O) groups is 1. The fourth-order valence-corrected chi connectivity index (χ4v) is 3.76. The standard InChI is InChI=1S/C20H25N3O/c1-12-8-13(2)19-16(9-12)17(10-18(22-19)15-4-5-15)20(24)23-7-6-21-11-14(23)3/h8-10,14-15,21H,4-7,11H2,1-3H3. The number of hydrogen-bond acceptors (Lipinski definition) is 3. The van der Waals surface area contributed by atoms with Crippen molar-refractivity contribution >= 4 is 16.8 Å². The number of aryl methyl sites for hydroxylation is 2. The summed E-state index contributed by atoms with van der Waals surface area (Å²) in [5.74, 6) is 0.699. The molecule has 4 rings (SSSR count). The van der Waals surface area contributed by atoms with Gasteiger partial charge in [0, 0.05) is 42.7 Å². The topological polar surface area (TPSA) is 45.2 Å². The van der Waals surface area contributed by atoms with E-state index >= 15 is 0 Å². The molecule has 24 heavy (non-hydrogen) atoms. The number of nitrogens with one attached hydrogen (secondary N) is 1. The van der Waals surface area contributed by atoms with Crippen LogP contribution in [0.2, 0.25) is 0 Å². The first-order valence-electron chi connectivity index (χ1n) is 8.98. The lowest BCUT2D eigenvalue weighted by Crippen LogP contribution is -2.52. The van der Waals surface area contributed by atoms with Crippen molar-refractivity contribution < 1.29 is 4.79 Å². The van der Waals surface area contributed by atoms with Crippen molar-refractivity contribution in [2.45, 2.75) is 45.6 Å². The second kappa shape index (κ2) is 5.85. The van der Waals surface area contributed by atoms with Crippen molar-refractivity contribution in [1.82, 2.24) is 15.2 Å². The highest BCUT2D eigenvalue weighted by molar-refractivity contribution is 6.07. The van der Waals surface area contributed by atoms with Gasteiger partial charge in [-0.3, -0.25) is 9.78 Å². The van der Waals surface area contributed by atoms with Gasteiger partial charge < -0.3 is 10.2 Å². The van der Waals surface area contributed by atoms with Gasteiger partial charge in [-0.25, -0.2) is 0 Å². The number of rotatable bonds is 2. The van der Waals surface area contributed by atoms with Gasteiger partial charge >= 0.3 is 0 Å². The SMILES string of the molecule is Cc1cc(C)c2nc(C3CC3)cc(C(=O)N3CCNCC3C)c2c1. The zero-order chi connectivity index (χ0) is 16.8. The lowest BCUT2D eigenvalue weighted by Gasteiger charge is -2.34. The van der Waals surface area contributed by atoms with Crippen molar-refractivity contribution in [3.63, 3.8) is 0 Å². The van der Waals surface area contributed by atoms with Gasteiger partial charge in [-0.15, -0.1) is 0 Å². The predicted molar refractivity (Wildman–Crippen MR) is 96.6 cm³/mol. The summed E-state index contributed by atoms with van der Waals surface area (Å²) in [6.45, 7) is 8.80. The Morgan fingerprint density at radius 3 is 2.75 bits per heavy atom. The van der Waals surface area contributed by atoms with Gasteiger partial charge in [0.25, 0.3) is 5.91 Å². The van der Waals surface area contributed by atoms with Crippen LogP contribution >= 0.6 is 0 Å². The summed E-state index contributed by atoms with van der Waals surface area (Å²) in [5, 5.41) is 4.37. The van der Waals surface area contributed by atoms with Crippen LogP contribution in [0.4, 0.5) is 0 Å². The van der Waals surface area contributed by atoms with Crippen LogP contribution in [0, 0.1) is 13.8 Å². The van der Waals surface area contributed by atoms with Crippen LogP contribution in [-0.4, -0.2) is 41.5 Å². The average Bonchev–Trinajstić information content (AvgIpc) is 3.39. The quantitative estimate of drug-likeness (QED) is 0.923. The van der Waals surface area contributed by atoms with Crippen LogP contribution < -0.4 is 5.32 Å². The maximum atomic E-state index is 13.3. The van der Waals surface area contributed by atoms with E-state index < -0.39 is 0 Å². The number of benzene rings is 1. The van der Waals surface area contributed by atoms with Crippen molar-refractivity contribution in [2.75, 3.05) is 19.6 Å². The molecule has 0 radical (unpaired) electrons. The summed E-state index contributed by atoms with van der Waals surface area (Å²) in [7, 11) is 0. The molecule has 4 nitrogen and oxygen atoms in total. The fraction of sp³-hybridized carbons (Fsp3) is 0.500. The van der Waals surface area contributed by atoms with Crippen LogP contribution in [0.25, 0.3) is 10.9 Å². The summed E-state index contributed by atoms with van der Waals surface area (Å²) in [5.41, 5.74) is 5.28. The molecule has 1 aromatic heterocycles. The molecule has 1 amide bonds. The third-order valence-corrected chi connectivity index (χ3v) is 5.26. The van der Waals surface area contributed by atoms with E-state index in [0.717, 1.165) is 47.4 Å². The van der Waals surface area contributed by atoms with E-state index in [2.05, 4.69) is 44.3 Å². The van der Waals surface area contributed by atoms with E-state index in [0.29, 0.717) is 5.92 Å². The first-order valence-corrected chi connectivity index (χ1v) is 8.98. The van der Waals surface area contributed by atoms with Crippen molar-refractivity contribution in [3.8, 4) is 0 Å². The van der Waals surface area contributed by atoms with Crippen LogP contribution in [-0.2, 0) is 0 Å². The number of pyridine rings is 1. The first kappa shape index (κ1) is 15.6. The van der Waals surface area contributed by atoms with Crippen molar-refractivity contribution in [1.29, 1.82) is 0 Å². The van der Waals surface area contributed by atoms with E-state index in [-0.39, 0.29) is 11.9 Å². The number of carbonyl (C=O) groups excluding carboxylic acids is 1. The maximum absolute atomic E-state index is 13.3. The second-order valence-electron chi connectivity index (χ2n) is 7.40. The minimum atomic E-state index is 0.156. The van der Waals surface area contributed by atoms with E-state index in [1.54, 1.807) is 0 Å². The van der Waals surface area contributed by atoms with Gasteiger partial charge in [-0.2, -0.15) is 0 Å². The molecule has 1 atom stereocenters. The Hall–Kier alpha value is -1.94. The van der Waals surface area contributed by atoms with Crippen molar-refractivity contribution in [3.05, 3.63) is 40.6 Å². The van der Waals surface area contributed by atoms with Crippen LogP contribution in [0.15, 0.2) is 18.2 Å². The van der Waals surface area contributed by atoms with Gasteiger partial charge in [0.15, 0.2) is 0 Å². The summed E-state index contributed by atoms with van der Waals surface area (Å²) in [6.07, 6.45) is 2.39. The third kappa shape index (κ3) is 2.69. The summed E-state index contributed by atoms with van der Waals surface area (Å²) >= 11 is 0. The number of nitrogens with zero attached hydrogens (tertiary/aromatic N) is 2. The highest BCUT2D eigenvalue weighted by Crippen LogP contribution is 2.40. The number of fused-ring (bicyclic) bond motifs is 1. The molecule has 1 N–H and O–H groups in total. The lowest BCUT2D eigenvalue weighted by atomic mass is 9.99. The van der Waals surface area contributed by atoms with Gasteiger partial charge in [-0.05, 0) is 51.3 Å². The van der Waals surface area contributed by atoms with Crippen LogP contribution in [0.1, 0.15) is 52.9 Å². The van der Waals surface area contributed by atoms with Gasteiger partial charge in [0.05, 0.1) is 11.1 Å². The molecule has 1 unspecified atom stereocenters. The molecule has 0 spiro atoms. The minimum Gasteiger partial charge on any atom is -0.333 e. The molecule has 2 aromatic rings. The third-order valence-electron chi connectivity index (χ3n) is 5.26. The zero-order valence-electron chi connectivity index (χ0n) is 14.7. The van der Waals surface area contributed by atoms with Crippen LogP contribution in [0.5, 0.6) is 0 Å². The molecule has 1 aliphatic heterocycles. The Morgan fingerprint density at radius 1 is 1.25 bits per heavy atom. The monoisotopic (exact) mass is 323 g/mol. The second-order valence-corrected chi connectivity index (χ2v) is 7.40. The van der Waals surface area contributed by atoms with Crippen LogP contribution in [0.3, 0.4) is 0 Å². The normalized spacial score (nSPS) is 21.3. The summed E-state index contributed by atoms with van der Waals surface area (Å²) < 4.78 is 0. The highest BCUT2D eigenvalue weighted by Gasteiger charge is 2.30. The molecule has 1 saturated heterocycles. The smallest absolute Gasteiger partial charge is 0.254 e. The Bertz CT molecular complexity index is 810. The van der Waals surface area contributed by atoms with E-state index in [1.165, 1.54) is 18.4 Å². The number of piperazine rings is 1. The summed E-state index contributed by atoms with van der Waals surface area (Å²) in [4.78, 5) is 20.2. The Kier molecular flexibility index (Phi) is 3.80. The zero-order valence-corrected chi connectivity index (χ0v) is 14.7. The van der Waals surface area contributed by atoms with E-state index in [1.807, 2.05) is 4.90 Å². The predicted octanol–water partition coefficient (Wildman–Crippen LogP) is 3.16. The largest absolute Gasteiger partial charge is 0.333 e. The number of amides is 1. The minimum absolute atomic E-state index is 0.156. The number of aromatic nitrogens is 1. The van der Waals surface area contributed by atoms with Gasteiger partial charge in [0.1, 0.15) is 0 Å². The fourth-order valence-electron chi connectivity index (χ4n) is 3.76. The highest BCUT2D eigenvalue weighted by atomic mass is 16.2. The number of hydrogen-bond donors (Lipinski definition) is 1. The Morgan fingerprint density at radius 2 is 2.04 bits per heavy atom. The molecular weight excluding hydrogens is 298 g/mol. The van der Waals surface area contributed by atoms with E-state index in [9.17, 15) is 4.79 Å². The Balaban J connectivity index is 1.87. The lowest BCUT2D eigenvalue weighted by molar-refractivity contribution is 0.0657. The average molecular weight is 323 g/mol. The molecule has 4 heteroatoms. The molecule has 0 bridgehead atoms. The van der Waals surface area contributed by atoms with Gasteiger partial charge in [0.2, 0.25) is 0 Å². The molecular formula is C20H25N3O. The maximum Gasteiger partial charge on any atom is 0.254 e. The molecule has 1 aromatic carbocycles. The molecule has 2 heterocycles. The van der Waals surface area contributed by atoms with Gasteiger partial charge in [-0.1, -0.05) is 11.6 Å². The molecule has 126 valence electrons. The Labute approximate surface area is 143 Å². The first-order chi connectivity index (χ1) is 11.5. The molecule has 2 aliphatic rings.